The lowest BCUT2D eigenvalue weighted by Gasteiger charge is -2.32. The second-order valence-electron chi connectivity index (χ2n) is 4.67. The largest absolute Gasteiger partial charge is 0.294 e. The maximum Gasteiger partial charge on any atom is 0.275 e. The van der Waals surface area contributed by atoms with Crippen molar-refractivity contribution in [3.63, 3.8) is 0 Å². The van der Waals surface area contributed by atoms with E-state index in [4.69, 9.17) is 5.84 Å². The molecule has 0 aromatic carbocycles. The van der Waals surface area contributed by atoms with Gasteiger partial charge in [-0.05, 0) is 19.1 Å². The molecule has 1 aromatic rings. The lowest BCUT2D eigenvalue weighted by Crippen LogP contribution is -2.46. The predicted octanol–water partition coefficient (Wildman–Crippen LogP) is -0.0295. The van der Waals surface area contributed by atoms with Crippen LogP contribution in [0.15, 0.2) is 12.1 Å². The zero-order valence-electron chi connectivity index (χ0n) is 10.6. The van der Waals surface area contributed by atoms with Crippen molar-refractivity contribution < 1.29 is 13.2 Å². The third-order valence-electron chi connectivity index (χ3n) is 3.18. The van der Waals surface area contributed by atoms with Crippen LogP contribution in [-0.4, -0.2) is 43.3 Å². The number of sulfone groups is 1. The maximum absolute atomic E-state index is 11.5. The Bertz CT molecular complexity index is 567. The summed E-state index contributed by atoms with van der Waals surface area (Å²) in [4.78, 5) is 15.1. The van der Waals surface area contributed by atoms with Crippen LogP contribution in [0.5, 0.6) is 0 Å². The molecule has 0 radical (unpaired) electrons. The van der Waals surface area contributed by atoms with E-state index >= 15 is 0 Å². The highest BCUT2D eigenvalue weighted by molar-refractivity contribution is 7.91. The summed E-state index contributed by atoms with van der Waals surface area (Å²) < 4.78 is 23.0. The van der Waals surface area contributed by atoms with E-state index in [0.717, 1.165) is 4.88 Å². The molecule has 0 bridgehead atoms. The third-order valence-corrected chi connectivity index (χ3v) is 6.05. The summed E-state index contributed by atoms with van der Waals surface area (Å²) >= 11 is 1.38. The van der Waals surface area contributed by atoms with Gasteiger partial charge in [-0.1, -0.05) is 0 Å². The minimum absolute atomic E-state index is 0.00707. The molecular weight excluding hydrogens is 286 g/mol. The first-order valence-corrected chi connectivity index (χ1v) is 8.59. The van der Waals surface area contributed by atoms with Gasteiger partial charge in [0.15, 0.2) is 9.84 Å². The molecule has 6 nitrogen and oxygen atoms in total. The van der Waals surface area contributed by atoms with E-state index in [9.17, 15) is 13.2 Å². The molecule has 1 amide bonds. The predicted molar refractivity (Wildman–Crippen MR) is 74.5 cm³/mol. The molecule has 1 aliphatic rings. The number of rotatable bonds is 3. The molecule has 1 aliphatic heterocycles. The summed E-state index contributed by atoms with van der Waals surface area (Å²) in [7, 11) is -2.89. The number of carbonyl (C=O) groups excluding carboxylic acids is 1. The number of nitrogen functional groups attached to an aromatic ring is 1. The van der Waals surface area contributed by atoms with Gasteiger partial charge in [0.25, 0.3) is 5.91 Å². The van der Waals surface area contributed by atoms with E-state index in [-0.39, 0.29) is 23.5 Å². The number of hydrogen-bond acceptors (Lipinski definition) is 6. The quantitative estimate of drug-likeness (QED) is 0.465. The van der Waals surface area contributed by atoms with Gasteiger partial charge in [-0.15, -0.1) is 11.3 Å². The number of nitrogens with one attached hydrogen (secondary N) is 1. The van der Waals surface area contributed by atoms with Crippen LogP contribution in [0.25, 0.3) is 0 Å². The van der Waals surface area contributed by atoms with Gasteiger partial charge in [0.1, 0.15) is 0 Å². The number of nitrogens with zero attached hydrogens (tertiary/aromatic N) is 1. The van der Waals surface area contributed by atoms with Gasteiger partial charge < -0.3 is 0 Å². The standard InChI is InChI=1S/C11H17N3O3S2/c1-8-7-19(16,17)5-4-14(8)6-9-2-3-10(18-9)11(15)13-12/h2-3,8H,4-7,12H2,1H3,(H,13,15). The molecule has 8 heteroatoms. The third kappa shape index (κ3) is 3.53. The van der Waals surface area contributed by atoms with Gasteiger partial charge in [-0.3, -0.25) is 15.1 Å². The van der Waals surface area contributed by atoms with Crippen molar-refractivity contribution in [2.24, 2.45) is 5.84 Å². The second-order valence-corrected chi connectivity index (χ2v) is 8.07. The van der Waals surface area contributed by atoms with Gasteiger partial charge in [0.05, 0.1) is 16.4 Å². The zero-order valence-corrected chi connectivity index (χ0v) is 12.3. The number of thiophene rings is 1. The second kappa shape index (κ2) is 5.58. The van der Waals surface area contributed by atoms with E-state index in [2.05, 4.69) is 10.3 Å². The van der Waals surface area contributed by atoms with Crippen molar-refractivity contribution in [2.45, 2.75) is 19.5 Å². The van der Waals surface area contributed by atoms with E-state index in [0.29, 0.717) is 18.0 Å². The molecular formula is C11H17N3O3S2. The summed E-state index contributed by atoms with van der Waals surface area (Å²) in [5, 5.41) is 0. The Balaban J connectivity index is 2.02. The van der Waals surface area contributed by atoms with Crippen LogP contribution in [0.4, 0.5) is 0 Å². The topological polar surface area (TPSA) is 92.5 Å². The monoisotopic (exact) mass is 303 g/mol. The van der Waals surface area contributed by atoms with Crippen LogP contribution in [0, 0.1) is 0 Å². The number of carbonyl (C=O) groups is 1. The molecule has 0 aliphatic carbocycles. The number of hydrazine groups is 1. The van der Waals surface area contributed by atoms with Crippen molar-refractivity contribution in [2.75, 3.05) is 18.1 Å². The molecule has 1 unspecified atom stereocenters. The SMILES string of the molecule is CC1CS(=O)(=O)CCN1Cc1ccc(C(=O)NN)s1. The Morgan fingerprint density at radius 2 is 2.32 bits per heavy atom. The minimum atomic E-state index is -2.89. The van der Waals surface area contributed by atoms with Crippen molar-refractivity contribution in [3.05, 3.63) is 21.9 Å². The molecule has 0 saturated carbocycles. The summed E-state index contributed by atoms with van der Waals surface area (Å²) in [6.07, 6.45) is 0. The number of hydrogen-bond donors (Lipinski definition) is 2. The summed E-state index contributed by atoms with van der Waals surface area (Å²) in [5.74, 6) is 5.19. The van der Waals surface area contributed by atoms with Crippen LogP contribution in [0.1, 0.15) is 21.5 Å². The van der Waals surface area contributed by atoms with Crippen molar-refractivity contribution in [3.8, 4) is 0 Å². The molecule has 19 heavy (non-hydrogen) atoms. The zero-order chi connectivity index (χ0) is 14.0. The summed E-state index contributed by atoms with van der Waals surface area (Å²) in [5.41, 5.74) is 2.10. The first-order chi connectivity index (χ1) is 8.91. The van der Waals surface area contributed by atoms with Gasteiger partial charge >= 0.3 is 0 Å². The average molecular weight is 303 g/mol. The lowest BCUT2D eigenvalue weighted by atomic mass is 10.3. The molecule has 3 N–H and O–H groups in total. The van der Waals surface area contributed by atoms with Gasteiger partial charge in [0, 0.05) is 24.0 Å². The highest BCUT2D eigenvalue weighted by Gasteiger charge is 2.28. The van der Waals surface area contributed by atoms with Crippen LogP contribution >= 0.6 is 11.3 Å². The lowest BCUT2D eigenvalue weighted by molar-refractivity contribution is 0.0957. The van der Waals surface area contributed by atoms with Gasteiger partial charge in [-0.25, -0.2) is 14.3 Å². The molecule has 0 spiro atoms. The molecule has 1 atom stereocenters. The minimum Gasteiger partial charge on any atom is -0.294 e. The Morgan fingerprint density at radius 1 is 1.58 bits per heavy atom. The highest BCUT2D eigenvalue weighted by atomic mass is 32.2. The Morgan fingerprint density at radius 3 is 2.95 bits per heavy atom. The van der Waals surface area contributed by atoms with E-state index in [1.165, 1.54) is 11.3 Å². The normalized spacial score (nSPS) is 23.2. The van der Waals surface area contributed by atoms with Crippen molar-refractivity contribution in [1.82, 2.24) is 10.3 Å². The Hall–Kier alpha value is -0.960. The molecule has 2 heterocycles. The smallest absolute Gasteiger partial charge is 0.275 e. The average Bonchev–Trinajstić information content (AvgIpc) is 2.80. The van der Waals surface area contributed by atoms with Crippen LogP contribution in [0.2, 0.25) is 0 Å². The summed E-state index contributed by atoms with van der Waals surface area (Å²) in [6, 6.07) is 3.62. The first kappa shape index (κ1) is 14.4. The number of amides is 1. The van der Waals surface area contributed by atoms with Gasteiger partial charge in [0.2, 0.25) is 0 Å². The fourth-order valence-electron chi connectivity index (χ4n) is 2.12. The van der Waals surface area contributed by atoms with Crippen molar-refractivity contribution in [1.29, 1.82) is 0 Å². The Labute approximate surface area is 116 Å². The molecule has 1 saturated heterocycles. The maximum atomic E-state index is 11.5. The first-order valence-electron chi connectivity index (χ1n) is 5.95. The van der Waals surface area contributed by atoms with Crippen LogP contribution in [0.3, 0.4) is 0 Å². The van der Waals surface area contributed by atoms with Crippen LogP contribution < -0.4 is 11.3 Å². The fraction of sp³-hybridized carbons (Fsp3) is 0.545. The van der Waals surface area contributed by atoms with Crippen LogP contribution in [-0.2, 0) is 16.4 Å². The molecule has 106 valence electrons. The number of nitrogens with two attached hydrogens (primary N) is 1. The molecule has 1 aromatic heterocycles. The van der Waals surface area contributed by atoms with Crippen molar-refractivity contribution >= 4 is 27.1 Å². The van der Waals surface area contributed by atoms with Gasteiger partial charge in [-0.2, -0.15) is 0 Å². The fourth-order valence-corrected chi connectivity index (χ4v) is 4.69. The van der Waals surface area contributed by atoms with E-state index in [1.54, 1.807) is 6.07 Å². The Kier molecular flexibility index (Phi) is 4.24. The molecule has 1 fully saturated rings. The summed E-state index contributed by atoms with van der Waals surface area (Å²) in [6.45, 7) is 3.12. The van der Waals surface area contributed by atoms with E-state index < -0.39 is 9.84 Å². The molecule has 2 rings (SSSR count). The highest BCUT2D eigenvalue weighted by Crippen LogP contribution is 2.21. The van der Waals surface area contributed by atoms with E-state index in [1.807, 2.05) is 13.0 Å².